The van der Waals surface area contributed by atoms with E-state index < -0.39 is 43.1 Å². The Hall–Kier alpha value is -2.16. The number of carbonyl (C=O) groups excluding carboxylic acids is 1. The van der Waals surface area contributed by atoms with E-state index in [9.17, 15) is 15.0 Å². The molecule has 9 heteroatoms. The van der Waals surface area contributed by atoms with Gasteiger partial charge in [0.05, 0.1) is 6.61 Å². The average Bonchev–Trinajstić information content (AvgIpc) is 2.59. The summed E-state index contributed by atoms with van der Waals surface area (Å²) in [7, 11) is 1.37. The predicted octanol–water partition coefficient (Wildman–Crippen LogP) is -0.572. The number of ether oxygens (including phenoxy) is 2. The highest BCUT2D eigenvalue weighted by Gasteiger charge is 2.49. The molecule has 1 aliphatic rings. The van der Waals surface area contributed by atoms with Crippen LogP contribution in [0.3, 0.4) is 0 Å². The molecule has 0 aliphatic carbocycles. The van der Waals surface area contributed by atoms with Gasteiger partial charge in [0.2, 0.25) is 4.91 Å². The maximum Gasteiger partial charge on any atom is 0.251 e. The molecule has 1 fully saturated rings. The molecule has 23 heavy (non-hydrogen) atoms. The van der Waals surface area contributed by atoms with Gasteiger partial charge in [-0.25, -0.2) is 0 Å². The van der Waals surface area contributed by atoms with Crippen molar-refractivity contribution in [3.8, 4) is 0 Å². The van der Waals surface area contributed by atoms with Gasteiger partial charge in [-0.3, -0.25) is 4.79 Å². The summed E-state index contributed by atoms with van der Waals surface area (Å²) in [6.45, 7) is -0.454. The van der Waals surface area contributed by atoms with E-state index in [0.717, 1.165) is 0 Å². The van der Waals surface area contributed by atoms with Crippen LogP contribution in [-0.2, 0) is 9.47 Å². The first kappa shape index (κ1) is 17.2. The fourth-order valence-corrected chi connectivity index (χ4v) is 2.47. The first-order valence-electron chi connectivity index (χ1n) is 7.02. The van der Waals surface area contributed by atoms with Crippen molar-refractivity contribution in [3.63, 3.8) is 0 Å². The molecule has 1 aromatic rings. The van der Waals surface area contributed by atoms with Crippen LogP contribution in [0.5, 0.6) is 0 Å². The monoisotopic (exact) mass is 323 g/mol. The molecule has 1 aromatic carbocycles. The zero-order valence-electron chi connectivity index (χ0n) is 12.5. The summed E-state index contributed by atoms with van der Waals surface area (Å²) in [6.07, 6.45) is -3.12. The third-order valence-electron chi connectivity index (χ3n) is 3.64. The van der Waals surface area contributed by atoms with Crippen molar-refractivity contribution in [2.24, 2.45) is 5.11 Å². The number of nitrogens with zero attached hydrogens (tertiary/aromatic N) is 2. The molecule has 0 saturated carbocycles. The van der Waals surface area contributed by atoms with Crippen LogP contribution in [0.15, 0.2) is 35.4 Å². The van der Waals surface area contributed by atoms with Gasteiger partial charge in [0.25, 0.3) is 5.91 Å². The lowest BCUT2D eigenvalue weighted by molar-refractivity contribution is -0.236. The summed E-state index contributed by atoms with van der Waals surface area (Å²) in [4.78, 5) is 15.3. The standard InChI is InChI=1S/C14H18N4O5/c1-22-14-11(16-13(21)8-5-3-2-4-6-8)10(17-18-15)12(20)9(7-19)23-14/h2-6,9-12,14-15,19-20H,7H2,1H3/p+1. The fourth-order valence-electron chi connectivity index (χ4n) is 2.47. The molecule has 5 atom stereocenters. The van der Waals surface area contributed by atoms with E-state index in [1.54, 1.807) is 30.3 Å². The molecular formula is C14H19N4O5+. The van der Waals surface area contributed by atoms with Gasteiger partial charge in [0, 0.05) is 12.7 Å². The number of amides is 1. The topological polar surface area (TPSA) is 138 Å². The first-order chi connectivity index (χ1) is 11.1. The van der Waals surface area contributed by atoms with E-state index in [-0.39, 0.29) is 0 Å². The van der Waals surface area contributed by atoms with Crippen molar-refractivity contribution in [2.45, 2.75) is 30.6 Å². The second kappa shape index (κ2) is 7.91. The largest absolute Gasteiger partial charge is 0.394 e. The summed E-state index contributed by atoms with van der Waals surface area (Å²) in [5, 5.41) is 25.8. The molecular weight excluding hydrogens is 304 g/mol. The number of benzene rings is 1. The third kappa shape index (κ3) is 3.79. The molecule has 9 nitrogen and oxygen atoms in total. The third-order valence-corrected chi connectivity index (χ3v) is 3.64. The zero-order valence-corrected chi connectivity index (χ0v) is 12.5. The molecule has 0 spiro atoms. The van der Waals surface area contributed by atoms with Gasteiger partial charge < -0.3 is 25.0 Å². The predicted molar refractivity (Wildman–Crippen MR) is 77.5 cm³/mol. The van der Waals surface area contributed by atoms with Gasteiger partial charge in [0.1, 0.15) is 28.9 Å². The van der Waals surface area contributed by atoms with Crippen LogP contribution in [0.25, 0.3) is 0 Å². The minimum Gasteiger partial charge on any atom is -0.394 e. The van der Waals surface area contributed by atoms with E-state index in [4.69, 9.17) is 15.0 Å². The van der Waals surface area contributed by atoms with E-state index in [0.29, 0.717) is 5.56 Å². The van der Waals surface area contributed by atoms with Gasteiger partial charge in [-0.05, 0) is 12.1 Å². The highest BCUT2D eigenvalue weighted by Crippen LogP contribution is 2.24. The number of hydrogen-bond acceptors (Lipinski definition) is 7. The van der Waals surface area contributed by atoms with Gasteiger partial charge in [-0.1, -0.05) is 18.2 Å². The molecule has 1 aliphatic heterocycles. The van der Waals surface area contributed by atoms with Crippen molar-refractivity contribution in [1.29, 1.82) is 5.53 Å². The smallest absolute Gasteiger partial charge is 0.251 e. The van der Waals surface area contributed by atoms with Crippen LogP contribution in [-0.4, -0.2) is 60.4 Å². The Labute approximate surface area is 132 Å². The number of nitrogens with one attached hydrogen (secondary N) is 2. The van der Waals surface area contributed by atoms with Crippen molar-refractivity contribution in [3.05, 3.63) is 35.9 Å². The van der Waals surface area contributed by atoms with Crippen molar-refractivity contribution < 1.29 is 24.5 Å². The van der Waals surface area contributed by atoms with Gasteiger partial charge in [-0.15, -0.1) is 0 Å². The van der Waals surface area contributed by atoms with Gasteiger partial charge in [-0.2, -0.15) is 0 Å². The SMILES string of the molecule is COC1OC(CO)C(O)C(N=[N+]=N)C1NC(=O)c1ccccc1. The zero-order chi connectivity index (χ0) is 16.8. The van der Waals surface area contributed by atoms with Crippen LogP contribution in [0, 0.1) is 5.53 Å². The molecule has 2 rings (SSSR count). The molecule has 1 saturated heterocycles. The molecule has 0 bridgehead atoms. The number of hydrogen-bond donors (Lipinski definition) is 4. The van der Waals surface area contributed by atoms with Gasteiger partial charge in [0.15, 0.2) is 12.3 Å². The highest BCUT2D eigenvalue weighted by atomic mass is 16.7. The molecule has 1 amide bonds. The van der Waals surface area contributed by atoms with Crippen molar-refractivity contribution in [2.75, 3.05) is 13.7 Å². The second-order valence-corrected chi connectivity index (χ2v) is 5.02. The Balaban J connectivity index is 2.24. The number of aliphatic hydroxyl groups is 2. The summed E-state index contributed by atoms with van der Waals surface area (Å²) in [6, 6.07) is 6.65. The second-order valence-electron chi connectivity index (χ2n) is 5.02. The lowest BCUT2D eigenvalue weighted by Gasteiger charge is -2.39. The highest BCUT2D eigenvalue weighted by molar-refractivity contribution is 5.94. The minimum absolute atomic E-state index is 0.402. The van der Waals surface area contributed by atoms with Crippen molar-refractivity contribution in [1.82, 2.24) is 10.2 Å². The molecule has 0 radical (unpaired) electrons. The van der Waals surface area contributed by atoms with Crippen LogP contribution < -0.4 is 10.2 Å². The quantitative estimate of drug-likeness (QED) is 0.424. The average molecular weight is 323 g/mol. The summed E-state index contributed by atoms with van der Waals surface area (Å²) in [5.41, 5.74) is 7.32. The summed E-state index contributed by atoms with van der Waals surface area (Å²) < 4.78 is 10.6. The summed E-state index contributed by atoms with van der Waals surface area (Å²) >= 11 is 0. The lowest BCUT2D eigenvalue weighted by atomic mass is 9.94. The van der Waals surface area contributed by atoms with Crippen molar-refractivity contribution >= 4 is 5.91 Å². The maximum atomic E-state index is 12.3. The minimum atomic E-state index is -1.23. The van der Waals surface area contributed by atoms with Crippen LogP contribution in [0.4, 0.5) is 0 Å². The van der Waals surface area contributed by atoms with E-state index in [1.165, 1.54) is 7.11 Å². The summed E-state index contributed by atoms with van der Waals surface area (Å²) in [5.74, 6) is -0.402. The normalized spacial score (nSPS) is 30.3. The Bertz CT molecular complexity index is 578. The number of carbonyl (C=O) groups is 1. The molecule has 124 valence electrons. The fraction of sp³-hybridized carbons (Fsp3) is 0.500. The number of aliphatic hydroxyl groups excluding tert-OH is 2. The molecule has 1 heterocycles. The van der Waals surface area contributed by atoms with Crippen LogP contribution in [0.1, 0.15) is 10.4 Å². The Morgan fingerprint density at radius 3 is 2.74 bits per heavy atom. The number of rotatable bonds is 5. The molecule has 0 aromatic heterocycles. The molecule has 5 unspecified atom stereocenters. The van der Waals surface area contributed by atoms with Crippen LogP contribution >= 0.6 is 0 Å². The van der Waals surface area contributed by atoms with Gasteiger partial charge >= 0.3 is 0 Å². The van der Waals surface area contributed by atoms with E-state index >= 15 is 0 Å². The Morgan fingerprint density at radius 2 is 2.17 bits per heavy atom. The maximum absolute atomic E-state index is 12.3. The Morgan fingerprint density at radius 1 is 1.48 bits per heavy atom. The van der Waals surface area contributed by atoms with E-state index in [1.807, 2.05) is 0 Å². The Kier molecular flexibility index (Phi) is 5.91. The lowest BCUT2D eigenvalue weighted by Crippen LogP contribution is -2.64. The number of methoxy groups -OCH3 is 1. The van der Waals surface area contributed by atoms with Crippen LogP contribution in [0.2, 0.25) is 0 Å². The van der Waals surface area contributed by atoms with E-state index in [2.05, 4.69) is 15.3 Å². The molecule has 4 N–H and O–H groups in total. The first-order valence-corrected chi connectivity index (χ1v) is 7.02.